The van der Waals surface area contributed by atoms with Crippen LogP contribution in [-0.4, -0.2) is 36.2 Å². The number of likely N-dealkylation sites (N-methyl/N-ethyl adjacent to an activating group) is 1. The van der Waals surface area contributed by atoms with Crippen molar-refractivity contribution < 1.29 is 9.53 Å². The van der Waals surface area contributed by atoms with E-state index in [0.717, 1.165) is 18.1 Å². The van der Waals surface area contributed by atoms with Gasteiger partial charge in [-0.25, -0.2) is 0 Å². The fourth-order valence-corrected chi connectivity index (χ4v) is 3.00. The van der Waals surface area contributed by atoms with Crippen molar-refractivity contribution >= 4 is 17.7 Å². The summed E-state index contributed by atoms with van der Waals surface area (Å²) in [5.74, 6) is 1.74. The largest absolute Gasteiger partial charge is 0.465 e. The van der Waals surface area contributed by atoms with Crippen LogP contribution in [0.15, 0.2) is 0 Å². The lowest BCUT2D eigenvalue weighted by Gasteiger charge is -2.29. The van der Waals surface area contributed by atoms with Gasteiger partial charge in [0.2, 0.25) is 0 Å². The van der Waals surface area contributed by atoms with Crippen LogP contribution in [0.25, 0.3) is 0 Å². The van der Waals surface area contributed by atoms with Gasteiger partial charge < -0.3 is 10.1 Å². The van der Waals surface area contributed by atoms with Gasteiger partial charge in [-0.15, -0.1) is 0 Å². The highest BCUT2D eigenvalue weighted by Crippen LogP contribution is 2.25. The number of thioether (sulfide) groups is 1. The Kier molecular flexibility index (Phi) is 8.70. The average molecular weight is 275 g/mol. The van der Waals surface area contributed by atoms with Crippen molar-refractivity contribution in [2.24, 2.45) is 5.92 Å². The zero-order valence-electron chi connectivity index (χ0n) is 12.7. The molecule has 0 aromatic heterocycles. The Hall–Kier alpha value is -0.220. The van der Waals surface area contributed by atoms with Gasteiger partial charge in [-0.1, -0.05) is 27.2 Å². The number of nitrogens with one attached hydrogen (secondary N) is 1. The molecule has 3 atom stereocenters. The summed E-state index contributed by atoms with van der Waals surface area (Å²) in [6.45, 7) is 10.9. The van der Waals surface area contributed by atoms with Crippen molar-refractivity contribution in [3.8, 4) is 0 Å². The van der Waals surface area contributed by atoms with Gasteiger partial charge >= 0.3 is 5.97 Å². The standard InChI is InChI=1S/C14H29NO2S/c1-7-11(3)10-18-12(4)9-14(5,15-6)13(16)17-8-2/h11-12,15H,7-10H2,1-6H3. The maximum atomic E-state index is 11.9. The molecule has 3 unspecified atom stereocenters. The molecule has 4 heteroatoms. The molecule has 0 aliphatic rings. The summed E-state index contributed by atoms with van der Waals surface area (Å²) in [6, 6.07) is 0. The van der Waals surface area contributed by atoms with E-state index < -0.39 is 5.54 Å². The van der Waals surface area contributed by atoms with E-state index in [-0.39, 0.29) is 5.97 Å². The third kappa shape index (κ3) is 6.10. The maximum absolute atomic E-state index is 11.9. The normalized spacial score (nSPS) is 17.9. The number of ether oxygens (including phenoxy) is 1. The van der Waals surface area contributed by atoms with E-state index in [1.807, 2.05) is 32.7 Å². The molecule has 0 aliphatic heterocycles. The molecule has 0 heterocycles. The van der Waals surface area contributed by atoms with Crippen LogP contribution in [0.3, 0.4) is 0 Å². The van der Waals surface area contributed by atoms with Crippen LogP contribution in [0.5, 0.6) is 0 Å². The lowest BCUT2D eigenvalue weighted by Crippen LogP contribution is -2.50. The number of carbonyl (C=O) groups excluding carboxylic acids is 1. The summed E-state index contributed by atoms with van der Waals surface area (Å²) in [6.07, 6.45) is 2.00. The van der Waals surface area contributed by atoms with Crippen molar-refractivity contribution in [1.82, 2.24) is 5.32 Å². The Balaban J connectivity index is 4.29. The Morgan fingerprint density at radius 1 is 1.39 bits per heavy atom. The van der Waals surface area contributed by atoms with E-state index in [9.17, 15) is 4.79 Å². The molecule has 0 amide bonds. The first-order valence-electron chi connectivity index (χ1n) is 6.87. The van der Waals surface area contributed by atoms with Crippen LogP contribution in [-0.2, 0) is 9.53 Å². The molecule has 0 aliphatic carbocycles. The second-order valence-corrected chi connectivity index (χ2v) is 6.64. The summed E-state index contributed by atoms with van der Waals surface area (Å²) in [4.78, 5) is 11.9. The first-order valence-corrected chi connectivity index (χ1v) is 7.92. The summed E-state index contributed by atoms with van der Waals surface area (Å²) in [5.41, 5.74) is -0.572. The van der Waals surface area contributed by atoms with Crippen LogP contribution in [0, 0.1) is 5.92 Å². The van der Waals surface area contributed by atoms with Crippen molar-refractivity contribution in [2.45, 2.75) is 58.2 Å². The molecule has 18 heavy (non-hydrogen) atoms. The molecular formula is C14H29NO2S. The highest BCUT2D eigenvalue weighted by atomic mass is 32.2. The van der Waals surface area contributed by atoms with Gasteiger partial charge in [-0.05, 0) is 39.0 Å². The first kappa shape index (κ1) is 17.8. The molecule has 0 aromatic carbocycles. The summed E-state index contributed by atoms with van der Waals surface area (Å²) in [5, 5.41) is 3.55. The van der Waals surface area contributed by atoms with E-state index in [0.29, 0.717) is 11.9 Å². The Morgan fingerprint density at radius 2 is 2.00 bits per heavy atom. The highest BCUT2D eigenvalue weighted by Gasteiger charge is 2.34. The topological polar surface area (TPSA) is 38.3 Å². The molecule has 0 fully saturated rings. The molecule has 0 saturated carbocycles. The number of rotatable bonds is 9. The lowest BCUT2D eigenvalue weighted by atomic mass is 9.96. The molecule has 1 N–H and O–H groups in total. The molecule has 3 nitrogen and oxygen atoms in total. The SMILES string of the molecule is CCOC(=O)C(C)(CC(C)SCC(C)CC)NC. The number of carbonyl (C=O) groups is 1. The Labute approximate surface area is 116 Å². The van der Waals surface area contributed by atoms with Gasteiger partial charge in [-0.3, -0.25) is 4.79 Å². The second kappa shape index (κ2) is 8.81. The minimum absolute atomic E-state index is 0.150. The first-order chi connectivity index (χ1) is 8.39. The quantitative estimate of drug-likeness (QED) is 0.656. The van der Waals surface area contributed by atoms with Gasteiger partial charge in [0.25, 0.3) is 0 Å². The molecule has 0 aromatic rings. The van der Waals surface area contributed by atoms with Crippen LogP contribution in [0.4, 0.5) is 0 Å². The van der Waals surface area contributed by atoms with Gasteiger partial charge in [0, 0.05) is 5.25 Å². The van der Waals surface area contributed by atoms with Gasteiger partial charge in [0.15, 0.2) is 0 Å². The number of hydrogen-bond acceptors (Lipinski definition) is 4. The fourth-order valence-electron chi connectivity index (χ4n) is 1.66. The van der Waals surface area contributed by atoms with Crippen molar-refractivity contribution in [1.29, 1.82) is 0 Å². The average Bonchev–Trinajstić information content (AvgIpc) is 2.35. The molecule has 0 radical (unpaired) electrons. The third-order valence-corrected chi connectivity index (χ3v) is 4.83. The molecule has 0 saturated heterocycles. The van der Waals surface area contributed by atoms with E-state index in [2.05, 4.69) is 26.1 Å². The van der Waals surface area contributed by atoms with E-state index >= 15 is 0 Å². The highest BCUT2D eigenvalue weighted by molar-refractivity contribution is 7.99. The smallest absolute Gasteiger partial charge is 0.326 e. The predicted molar refractivity (Wildman–Crippen MR) is 80.1 cm³/mol. The summed E-state index contributed by atoms with van der Waals surface area (Å²) in [7, 11) is 1.82. The third-order valence-electron chi connectivity index (χ3n) is 3.34. The molecule has 0 bridgehead atoms. The van der Waals surface area contributed by atoms with E-state index in [4.69, 9.17) is 4.74 Å². The summed E-state index contributed by atoms with van der Waals surface area (Å²) >= 11 is 1.94. The second-order valence-electron chi connectivity index (χ2n) is 5.16. The van der Waals surface area contributed by atoms with Crippen molar-refractivity contribution in [3.63, 3.8) is 0 Å². The Bertz CT molecular complexity index is 248. The van der Waals surface area contributed by atoms with Crippen LogP contribution in [0.1, 0.15) is 47.5 Å². The number of hydrogen-bond donors (Lipinski definition) is 1. The van der Waals surface area contributed by atoms with E-state index in [1.54, 1.807) is 0 Å². The van der Waals surface area contributed by atoms with Crippen molar-refractivity contribution in [3.05, 3.63) is 0 Å². The van der Waals surface area contributed by atoms with Gasteiger partial charge in [0.1, 0.15) is 5.54 Å². The minimum Gasteiger partial charge on any atom is -0.465 e. The summed E-state index contributed by atoms with van der Waals surface area (Å²) < 4.78 is 5.13. The minimum atomic E-state index is -0.572. The van der Waals surface area contributed by atoms with Crippen LogP contribution in [0.2, 0.25) is 0 Å². The fraction of sp³-hybridized carbons (Fsp3) is 0.929. The lowest BCUT2D eigenvalue weighted by molar-refractivity contribution is -0.150. The molecule has 0 spiro atoms. The molecular weight excluding hydrogens is 246 g/mol. The van der Waals surface area contributed by atoms with Gasteiger partial charge in [0.05, 0.1) is 6.61 Å². The van der Waals surface area contributed by atoms with Gasteiger partial charge in [-0.2, -0.15) is 11.8 Å². The number of esters is 1. The van der Waals surface area contributed by atoms with E-state index in [1.165, 1.54) is 6.42 Å². The van der Waals surface area contributed by atoms with Crippen LogP contribution >= 0.6 is 11.8 Å². The molecule has 0 rings (SSSR count). The Morgan fingerprint density at radius 3 is 2.44 bits per heavy atom. The molecule has 108 valence electrons. The zero-order valence-corrected chi connectivity index (χ0v) is 13.5. The van der Waals surface area contributed by atoms with Crippen LogP contribution < -0.4 is 5.32 Å². The van der Waals surface area contributed by atoms with Crippen molar-refractivity contribution in [2.75, 3.05) is 19.4 Å². The zero-order chi connectivity index (χ0) is 14.2. The monoisotopic (exact) mass is 275 g/mol. The maximum Gasteiger partial charge on any atom is 0.326 e. The predicted octanol–water partition coefficient (Wildman–Crippen LogP) is 3.09.